The maximum Gasteiger partial charge on any atom is 0.307 e. The van der Waals surface area contributed by atoms with E-state index in [-0.39, 0.29) is 5.91 Å². The van der Waals surface area contributed by atoms with Gasteiger partial charge in [-0.2, -0.15) is 0 Å². The zero-order valence-corrected chi connectivity index (χ0v) is 12.5. The second-order valence-electron chi connectivity index (χ2n) is 5.61. The second-order valence-corrected chi connectivity index (χ2v) is 5.61. The Kier molecular flexibility index (Phi) is 4.78. The molecule has 4 nitrogen and oxygen atoms in total. The van der Waals surface area contributed by atoms with E-state index in [0.29, 0.717) is 19.4 Å². The summed E-state index contributed by atoms with van der Waals surface area (Å²) in [6.45, 7) is 2.52. The molecule has 4 heteroatoms. The van der Waals surface area contributed by atoms with Gasteiger partial charge in [-0.3, -0.25) is 9.59 Å². The van der Waals surface area contributed by atoms with E-state index in [4.69, 9.17) is 0 Å². The van der Waals surface area contributed by atoms with Crippen LogP contribution >= 0.6 is 0 Å². The fourth-order valence-corrected chi connectivity index (χ4v) is 2.76. The number of amides is 1. The molecule has 0 aromatic heterocycles. The van der Waals surface area contributed by atoms with Crippen LogP contribution in [0.4, 0.5) is 0 Å². The van der Waals surface area contributed by atoms with Crippen molar-refractivity contribution < 1.29 is 14.7 Å². The summed E-state index contributed by atoms with van der Waals surface area (Å²) in [6, 6.07) is 7.92. The van der Waals surface area contributed by atoms with E-state index in [9.17, 15) is 14.7 Å². The first-order chi connectivity index (χ1) is 10.0. The third-order valence-corrected chi connectivity index (χ3v) is 4.11. The number of nitrogens with zero attached hydrogens (tertiary/aromatic N) is 1. The van der Waals surface area contributed by atoms with Gasteiger partial charge in [0.1, 0.15) is 0 Å². The highest BCUT2D eigenvalue weighted by Gasteiger charge is 2.35. The maximum atomic E-state index is 12.6. The van der Waals surface area contributed by atoms with Crippen molar-refractivity contribution in [1.82, 2.24) is 4.90 Å². The van der Waals surface area contributed by atoms with Crippen molar-refractivity contribution in [3.63, 3.8) is 0 Å². The van der Waals surface area contributed by atoms with Gasteiger partial charge in [0.05, 0.1) is 11.8 Å². The first-order valence-corrected chi connectivity index (χ1v) is 7.18. The zero-order chi connectivity index (χ0) is 15.4. The molecule has 21 heavy (non-hydrogen) atoms. The van der Waals surface area contributed by atoms with E-state index in [1.807, 2.05) is 43.3 Å². The third kappa shape index (κ3) is 3.51. The predicted molar refractivity (Wildman–Crippen MR) is 80.6 cm³/mol. The van der Waals surface area contributed by atoms with Gasteiger partial charge in [0.15, 0.2) is 0 Å². The minimum absolute atomic E-state index is 0.0880. The average molecular weight is 287 g/mol. The van der Waals surface area contributed by atoms with Gasteiger partial charge in [0.2, 0.25) is 5.91 Å². The molecule has 1 amide bonds. The van der Waals surface area contributed by atoms with Crippen LogP contribution in [0.1, 0.15) is 24.0 Å². The number of allylic oxidation sites excluding steroid dienone is 2. The molecule has 0 radical (unpaired) electrons. The first-order valence-electron chi connectivity index (χ1n) is 7.18. The normalized spacial score (nSPS) is 21.0. The van der Waals surface area contributed by atoms with Crippen LogP contribution in [0.2, 0.25) is 0 Å². The van der Waals surface area contributed by atoms with Gasteiger partial charge >= 0.3 is 5.97 Å². The Morgan fingerprint density at radius 2 is 1.81 bits per heavy atom. The molecule has 0 bridgehead atoms. The van der Waals surface area contributed by atoms with E-state index in [1.165, 1.54) is 0 Å². The quantitative estimate of drug-likeness (QED) is 0.866. The fraction of sp³-hybridized carbons (Fsp3) is 0.412. The van der Waals surface area contributed by atoms with E-state index in [2.05, 4.69) is 0 Å². The molecular weight excluding hydrogens is 266 g/mol. The number of carboxylic acid groups (broad SMARTS) is 1. The molecule has 1 aliphatic rings. The topological polar surface area (TPSA) is 57.6 Å². The SMILES string of the molecule is Cc1ccccc1CN(C)C(=O)C1CC=CCC1C(=O)O. The summed E-state index contributed by atoms with van der Waals surface area (Å²) < 4.78 is 0. The number of carboxylic acids is 1. The Morgan fingerprint density at radius 3 is 2.43 bits per heavy atom. The monoisotopic (exact) mass is 287 g/mol. The molecule has 2 atom stereocenters. The second kappa shape index (κ2) is 6.57. The molecule has 2 unspecified atom stereocenters. The number of rotatable bonds is 4. The van der Waals surface area contributed by atoms with Gasteiger partial charge < -0.3 is 10.0 Å². The van der Waals surface area contributed by atoms with Crippen LogP contribution in [-0.4, -0.2) is 28.9 Å². The van der Waals surface area contributed by atoms with Gasteiger partial charge in [-0.25, -0.2) is 0 Å². The summed E-state index contributed by atoms with van der Waals surface area (Å²) in [5.74, 6) is -2.04. The van der Waals surface area contributed by atoms with Crippen LogP contribution in [0.3, 0.4) is 0 Å². The smallest absolute Gasteiger partial charge is 0.307 e. The van der Waals surface area contributed by atoms with E-state index in [1.54, 1.807) is 11.9 Å². The van der Waals surface area contributed by atoms with Crippen LogP contribution in [0, 0.1) is 18.8 Å². The molecule has 112 valence electrons. The minimum Gasteiger partial charge on any atom is -0.481 e. The highest BCUT2D eigenvalue weighted by atomic mass is 16.4. The number of aliphatic carboxylic acids is 1. The Labute approximate surface area is 125 Å². The number of carbonyl (C=O) groups is 2. The molecule has 2 rings (SSSR count). The summed E-state index contributed by atoms with van der Waals surface area (Å²) in [6.07, 6.45) is 4.70. The molecule has 1 N–H and O–H groups in total. The number of aryl methyl sites for hydroxylation is 1. The Hall–Kier alpha value is -2.10. The number of hydrogen-bond acceptors (Lipinski definition) is 2. The fourth-order valence-electron chi connectivity index (χ4n) is 2.76. The van der Waals surface area contributed by atoms with Gasteiger partial charge in [0, 0.05) is 13.6 Å². The third-order valence-electron chi connectivity index (χ3n) is 4.11. The number of benzene rings is 1. The molecule has 0 saturated carbocycles. The highest BCUT2D eigenvalue weighted by molar-refractivity contribution is 5.85. The lowest BCUT2D eigenvalue weighted by molar-refractivity contribution is -0.150. The number of hydrogen-bond donors (Lipinski definition) is 1. The standard InChI is InChI=1S/C17H21NO3/c1-12-7-3-4-8-13(12)11-18(2)16(19)14-9-5-6-10-15(14)17(20)21/h3-8,14-15H,9-11H2,1-2H3,(H,20,21). The first kappa shape index (κ1) is 15.3. The van der Waals surface area contributed by atoms with Gasteiger partial charge in [0.25, 0.3) is 0 Å². The van der Waals surface area contributed by atoms with Crippen molar-refractivity contribution in [1.29, 1.82) is 0 Å². The van der Waals surface area contributed by atoms with Crippen molar-refractivity contribution >= 4 is 11.9 Å². The summed E-state index contributed by atoms with van der Waals surface area (Å²) in [5.41, 5.74) is 2.22. The maximum absolute atomic E-state index is 12.6. The molecule has 0 spiro atoms. The average Bonchev–Trinajstić information content (AvgIpc) is 2.48. The Balaban J connectivity index is 2.10. The molecule has 1 aromatic rings. The van der Waals surface area contributed by atoms with Crippen LogP contribution in [0.5, 0.6) is 0 Å². The molecule has 0 saturated heterocycles. The lowest BCUT2D eigenvalue weighted by Crippen LogP contribution is -2.39. The Bertz CT molecular complexity index is 565. The lowest BCUT2D eigenvalue weighted by Gasteiger charge is -2.29. The van der Waals surface area contributed by atoms with Crippen LogP contribution in [0.15, 0.2) is 36.4 Å². The van der Waals surface area contributed by atoms with Crippen LogP contribution in [-0.2, 0) is 16.1 Å². The van der Waals surface area contributed by atoms with Crippen molar-refractivity contribution in [2.24, 2.45) is 11.8 Å². The molecule has 0 aliphatic heterocycles. The molecular formula is C17H21NO3. The summed E-state index contributed by atoms with van der Waals surface area (Å²) >= 11 is 0. The van der Waals surface area contributed by atoms with Crippen molar-refractivity contribution in [2.75, 3.05) is 7.05 Å². The number of carbonyl (C=O) groups excluding carboxylic acids is 1. The molecule has 0 heterocycles. The molecule has 1 aromatic carbocycles. The van der Waals surface area contributed by atoms with Crippen molar-refractivity contribution in [3.05, 3.63) is 47.5 Å². The van der Waals surface area contributed by atoms with Crippen LogP contribution in [0.25, 0.3) is 0 Å². The van der Waals surface area contributed by atoms with Gasteiger partial charge in [-0.15, -0.1) is 0 Å². The molecule has 1 aliphatic carbocycles. The van der Waals surface area contributed by atoms with Crippen molar-refractivity contribution in [3.8, 4) is 0 Å². The highest BCUT2D eigenvalue weighted by Crippen LogP contribution is 2.28. The van der Waals surface area contributed by atoms with Crippen molar-refractivity contribution in [2.45, 2.75) is 26.3 Å². The minimum atomic E-state index is -0.887. The summed E-state index contributed by atoms with van der Waals surface area (Å²) in [7, 11) is 1.74. The molecule has 0 fully saturated rings. The summed E-state index contributed by atoms with van der Waals surface area (Å²) in [5, 5.41) is 9.27. The van der Waals surface area contributed by atoms with Crippen LogP contribution < -0.4 is 0 Å². The van der Waals surface area contributed by atoms with Gasteiger partial charge in [-0.05, 0) is 30.9 Å². The largest absolute Gasteiger partial charge is 0.481 e. The predicted octanol–water partition coefficient (Wildman–Crippen LogP) is 2.62. The summed E-state index contributed by atoms with van der Waals surface area (Å²) in [4.78, 5) is 25.5. The van der Waals surface area contributed by atoms with E-state index >= 15 is 0 Å². The van der Waals surface area contributed by atoms with E-state index in [0.717, 1.165) is 11.1 Å². The Morgan fingerprint density at radius 1 is 1.19 bits per heavy atom. The zero-order valence-electron chi connectivity index (χ0n) is 12.5. The lowest BCUT2D eigenvalue weighted by atomic mass is 9.82. The van der Waals surface area contributed by atoms with Gasteiger partial charge in [-0.1, -0.05) is 36.4 Å². The van der Waals surface area contributed by atoms with E-state index < -0.39 is 17.8 Å².